The number of carbonyl (C=O) groups excluding carboxylic acids is 1. The summed E-state index contributed by atoms with van der Waals surface area (Å²) in [6.45, 7) is 2.23. The molecule has 1 atom stereocenters. The zero-order valence-corrected chi connectivity index (χ0v) is 18.5. The number of nitrogens with zero attached hydrogens (tertiary/aromatic N) is 7. The summed E-state index contributed by atoms with van der Waals surface area (Å²) < 4.78 is 30.7. The van der Waals surface area contributed by atoms with Crippen molar-refractivity contribution in [2.45, 2.75) is 32.9 Å². The topological polar surface area (TPSA) is 127 Å². The molecular weight excluding hydrogens is 436 g/mol. The van der Waals surface area contributed by atoms with Crippen LogP contribution in [0.2, 0.25) is 0 Å². The molecule has 0 unspecified atom stereocenters. The Hall–Kier alpha value is -3.77. The van der Waals surface area contributed by atoms with Gasteiger partial charge in [0.05, 0.1) is 23.5 Å². The number of carbonyl (C=O) groups is 1. The lowest BCUT2D eigenvalue weighted by Crippen LogP contribution is -2.56. The number of hydrogen-bond donors (Lipinski definition) is 2. The quantitative estimate of drug-likeness (QED) is 0.593. The summed E-state index contributed by atoms with van der Waals surface area (Å²) in [7, 11) is 1.79. The zero-order valence-electron chi connectivity index (χ0n) is 18.5. The first-order valence-corrected chi connectivity index (χ1v) is 10.5. The normalized spacial score (nSPS) is 16.5. The van der Waals surface area contributed by atoms with Crippen LogP contribution in [0, 0.1) is 6.92 Å². The van der Waals surface area contributed by atoms with Crippen LogP contribution < -0.4 is 20.7 Å². The average molecular weight is 461 g/mol. The minimum absolute atomic E-state index is 0.00301. The van der Waals surface area contributed by atoms with Gasteiger partial charge in [-0.15, -0.1) is 0 Å². The molecule has 176 valence electrons. The molecule has 3 N–H and O–H groups in total. The van der Waals surface area contributed by atoms with Gasteiger partial charge in [-0.05, 0) is 18.9 Å². The summed E-state index contributed by atoms with van der Waals surface area (Å²) in [5.41, 5.74) is 7.58. The summed E-state index contributed by atoms with van der Waals surface area (Å²) in [6, 6.07) is 1.06. The van der Waals surface area contributed by atoms with E-state index in [1.807, 2.05) is 6.92 Å². The summed E-state index contributed by atoms with van der Waals surface area (Å²) in [5.74, 6) is 0.663. The molecule has 33 heavy (non-hydrogen) atoms. The first-order valence-electron chi connectivity index (χ1n) is 10.5. The predicted molar refractivity (Wildman–Crippen MR) is 118 cm³/mol. The molecule has 1 fully saturated rings. The van der Waals surface area contributed by atoms with Crippen molar-refractivity contribution in [1.29, 1.82) is 0 Å². The molecule has 3 aromatic rings. The Bertz CT molecular complexity index is 1170. The number of aryl methyl sites for hydroxylation is 2. The van der Waals surface area contributed by atoms with Gasteiger partial charge in [-0.1, -0.05) is 6.92 Å². The van der Waals surface area contributed by atoms with Gasteiger partial charge in [0.25, 0.3) is 0 Å². The molecule has 1 saturated heterocycles. The summed E-state index contributed by atoms with van der Waals surface area (Å²) >= 11 is 0. The van der Waals surface area contributed by atoms with E-state index < -0.39 is 6.61 Å². The lowest BCUT2D eigenvalue weighted by Gasteiger charge is -2.42. The number of fused-ring (bicyclic) bond motifs is 1. The van der Waals surface area contributed by atoms with Crippen molar-refractivity contribution in [2.24, 2.45) is 7.05 Å². The van der Waals surface area contributed by atoms with Crippen molar-refractivity contribution in [2.75, 3.05) is 35.6 Å². The molecule has 2 amide bonds. The van der Waals surface area contributed by atoms with Crippen LogP contribution in [0.4, 0.5) is 31.0 Å². The first kappa shape index (κ1) is 22.4. The Morgan fingerprint density at radius 2 is 2.12 bits per heavy atom. The maximum Gasteiger partial charge on any atom is 0.388 e. The third-order valence-corrected chi connectivity index (χ3v) is 5.64. The molecule has 0 bridgehead atoms. The summed E-state index contributed by atoms with van der Waals surface area (Å²) in [5, 5.41) is 7.87. The number of nitrogens with two attached hydrogens (primary N) is 1. The second kappa shape index (κ2) is 9.00. The smallest absolute Gasteiger partial charge is 0.388 e. The van der Waals surface area contributed by atoms with Gasteiger partial charge in [-0.25, -0.2) is 9.78 Å². The monoisotopic (exact) mass is 461 g/mol. The van der Waals surface area contributed by atoms with E-state index in [0.29, 0.717) is 42.4 Å². The Balaban J connectivity index is 1.49. The SMILES string of the molecule is CC[C@H]1CN(C(=O)Nc2cnc(OC(F)F)cc2C)CCN1c1nc(N)nc2c1cnn2C. The van der Waals surface area contributed by atoms with E-state index in [0.717, 1.165) is 11.8 Å². The van der Waals surface area contributed by atoms with Gasteiger partial charge in [-0.3, -0.25) is 4.68 Å². The van der Waals surface area contributed by atoms with E-state index in [-0.39, 0.29) is 23.9 Å². The van der Waals surface area contributed by atoms with Crippen molar-refractivity contribution in [3.8, 4) is 5.88 Å². The fourth-order valence-electron chi connectivity index (χ4n) is 3.92. The highest BCUT2D eigenvalue weighted by atomic mass is 19.3. The molecule has 0 saturated carbocycles. The standard InChI is InChI=1S/C20H25F2N9O2/c1-4-12-10-30(20(32)26-14-9-24-15(7-11(14)2)33-18(21)22)5-6-31(12)17-13-8-25-29(3)16(13)27-19(23)28-17/h7-9,12,18H,4-6,10H2,1-3H3,(H,26,32)(H2,23,27,28)/t12-/m0/s1. The molecule has 1 aliphatic heterocycles. The maximum atomic E-state index is 12.9. The first-order chi connectivity index (χ1) is 15.8. The molecule has 3 aromatic heterocycles. The number of urea groups is 1. The lowest BCUT2D eigenvalue weighted by molar-refractivity contribution is -0.0528. The molecule has 0 aliphatic carbocycles. The van der Waals surface area contributed by atoms with Gasteiger partial charge in [0.2, 0.25) is 11.8 Å². The molecule has 1 aliphatic rings. The lowest BCUT2D eigenvalue weighted by atomic mass is 10.1. The number of nitrogen functional groups attached to an aromatic ring is 1. The molecule has 4 heterocycles. The Kier molecular flexibility index (Phi) is 6.11. The summed E-state index contributed by atoms with van der Waals surface area (Å²) in [4.78, 5) is 29.3. The van der Waals surface area contributed by atoms with Crippen LogP contribution in [0.25, 0.3) is 11.0 Å². The van der Waals surface area contributed by atoms with E-state index in [4.69, 9.17) is 5.73 Å². The van der Waals surface area contributed by atoms with E-state index in [2.05, 4.69) is 35.0 Å². The fourth-order valence-corrected chi connectivity index (χ4v) is 3.92. The molecule has 11 nitrogen and oxygen atoms in total. The van der Waals surface area contributed by atoms with Crippen LogP contribution in [0.1, 0.15) is 18.9 Å². The van der Waals surface area contributed by atoms with E-state index in [1.165, 1.54) is 12.3 Å². The van der Waals surface area contributed by atoms with Crippen molar-refractivity contribution < 1.29 is 18.3 Å². The Morgan fingerprint density at radius 1 is 1.33 bits per heavy atom. The molecule has 13 heteroatoms. The minimum atomic E-state index is -2.96. The number of amides is 2. The van der Waals surface area contributed by atoms with Gasteiger partial charge in [-0.2, -0.15) is 23.8 Å². The number of ether oxygens (including phenoxy) is 1. The number of anilines is 3. The number of alkyl halides is 2. The zero-order chi connectivity index (χ0) is 23.7. The number of pyridine rings is 1. The highest BCUT2D eigenvalue weighted by Crippen LogP contribution is 2.29. The van der Waals surface area contributed by atoms with Crippen LogP contribution in [-0.4, -0.2) is 68.0 Å². The average Bonchev–Trinajstić information content (AvgIpc) is 3.14. The highest BCUT2D eigenvalue weighted by Gasteiger charge is 2.31. The van der Waals surface area contributed by atoms with Gasteiger partial charge in [0.1, 0.15) is 5.82 Å². The van der Waals surface area contributed by atoms with Gasteiger partial charge < -0.3 is 25.6 Å². The third kappa shape index (κ3) is 4.56. The van der Waals surface area contributed by atoms with Crippen molar-refractivity contribution in [3.05, 3.63) is 24.0 Å². The van der Waals surface area contributed by atoms with Crippen LogP contribution in [-0.2, 0) is 7.05 Å². The second-order valence-corrected chi connectivity index (χ2v) is 7.76. The maximum absolute atomic E-state index is 12.9. The van der Waals surface area contributed by atoms with Gasteiger partial charge >= 0.3 is 12.6 Å². The largest absolute Gasteiger partial charge is 0.417 e. The molecule has 0 radical (unpaired) electrons. The van der Waals surface area contributed by atoms with Crippen LogP contribution in [0.3, 0.4) is 0 Å². The number of aromatic nitrogens is 5. The molecular formula is C20H25F2N9O2. The van der Waals surface area contributed by atoms with Gasteiger partial charge in [0, 0.05) is 38.8 Å². The fraction of sp³-hybridized carbons (Fsp3) is 0.450. The number of nitrogens with one attached hydrogen (secondary N) is 1. The summed E-state index contributed by atoms with van der Waals surface area (Å²) in [6.07, 6.45) is 3.80. The third-order valence-electron chi connectivity index (χ3n) is 5.64. The molecule has 4 rings (SSSR count). The van der Waals surface area contributed by atoms with Crippen LogP contribution in [0.15, 0.2) is 18.5 Å². The molecule has 0 aromatic carbocycles. The Morgan fingerprint density at radius 3 is 2.82 bits per heavy atom. The van der Waals surface area contributed by atoms with Crippen molar-refractivity contribution in [1.82, 2.24) is 29.6 Å². The van der Waals surface area contributed by atoms with E-state index >= 15 is 0 Å². The number of piperazine rings is 1. The van der Waals surface area contributed by atoms with E-state index in [1.54, 1.807) is 29.7 Å². The predicted octanol–water partition coefficient (Wildman–Crippen LogP) is 2.38. The second-order valence-electron chi connectivity index (χ2n) is 7.76. The van der Waals surface area contributed by atoms with E-state index in [9.17, 15) is 13.6 Å². The minimum Gasteiger partial charge on any atom is -0.417 e. The van der Waals surface area contributed by atoms with Crippen molar-refractivity contribution in [3.63, 3.8) is 0 Å². The van der Waals surface area contributed by atoms with Crippen LogP contribution >= 0.6 is 0 Å². The van der Waals surface area contributed by atoms with Crippen molar-refractivity contribution >= 4 is 34.5 Å². The van der Waals surface area contributed by atoms with Gasteiger partial charge in [0.15, 0.2) is 5.65 Å². The number of rotatable bonds is 5. The molecule has 0 spiro atoms. The highest BCUT2D eigenvalue weighted by molar-refractivity contribution is 5.91. The number of hydrogen-bond acceptors (Lipinski definition) is 8. The number of halogens is 2. The van der Waals surface area contributed by atoms with Crippen LogP contribution in [0.5, 0.6) is 5.88 Å². The Labute approximate surface area is 188 Å².